The summed E-state index contributed by atoms with van der Waals surface area (Å²) >= 11 is 6.22. The number of nitrogens with one attached hydrogen (secondary N) is 2. The molecule has 0 aliphatic carbocycles. The number of halogens is 3. The number of urea groups is 1. The van der Waals surface area contributed by atoms with Crippen molar-refractivity contribution in [2.75, 3.05) is 17.7 Å². The van der Waals surface area contributed by atoms with Crippen LogP contribution in [0.5, 0.6) is 5.88 Å². The van der Waals surface area contributed by atoms with Crippen LogP contribution in [0.4, 0.5) is 25.0 Å². The summed E-state index contributed by atoms with van der Waals surface area (Å²) in [6.07, 6.45) is 5.10. The molecule has 0 radical (unpaired) electrons. The van der Waals surface area contributed by atoms with Crippen molar-refractivity contribution >= 4 is 34.7 Å². The number of ether oxygens (including phenoxy) is 2. The normalized spacial score (nSPS) is 12.2. The predicted molar refractivity (Wildman–Crippen MR) is 112 cm³/mol. The average Bonchev–Trinajstić information content (AvgIpc) is 3.42. The zero-order valence-corrected chi connectivity index (χ0v) is 17.9. The number of hydrogen-bond acceptors (Lipinski definition) is 8. The first-order valence-electron chi connectivity index (χ1n) is 9.32. The number of fused-ring (bicyclic) bond motifs is 1. The van der Waals surface area contributed by atoms with E-state index in [1.807, 2.05) is 0 Å². The van der Waals surface area contributed by atoms with E-state index in [2.05, 4.69) is 40.6 Å². The summed E-state index contributed by atoms with van der Waals surface area (Å²) in [6, 6.07) is 2.08. The standard InChI is InChI=1S/C18H16ClF2N9O3/c1-9(32-2)15-12(8-22-13-6-14(28-29(13)15)33-17(20)21)27-18(31)26-10-5-11(19)16(23-7-10)30-24-3-4-25-30/h3-9,17H,1-2H3,(H2,26,27,31)/t9-/m0/s1. The number of rotatable bonds is 7. The summed E-state index contributed by atoms with van der Waals surface area (Å²) in [5.74, 6) is -0.0323. The Labute approximate surface area is 189 Å². The van der Waals surface area contributed by atoms with E-state index in [0.717, 1.165) is 0 Å². The Bertz CT molecular complexity index is 1280. The average molecular weight is 480 g/mol. The number of pyridine rings is 1. The molecule has 0 bridgehead atoms. The molecular formula is C18H16ClF2N9O3. The molecule has 0 spiro atoms. The Kier molecular flexibility index (Phi) is 6.28. The van der Waals surface area contributed by atoms with Crippen LogP contribution in [0.15, 0.2) is 36.9 Å². The van der Waals surface area contributed by atoms with Crippen molar-refractivity contribution in [2.45, 2.75) is 19.6 Å². The van der Waals surface area contributed by atoms with Gasteiger partial charge in [-0.15, -0.1) is 9.90 Å². The second kappa shape index (κ2) is 9.30. The van der Waals surface area contributed by atoms with Gasteiger partial charge >= 0.3 is 12.6 Å². The SMILES string of the molecule is CO[C@@H](C)c1c(NC(=O)Nc2cnc(-n3nccn3)c(Cl)c2)cnc2cc(OC(F)F)nn12. The molecule has 0 saturated heterocycles. The quantitative estimate of drug-likeness (QED) is 0.412. The molecule has 12 nitrogen and oxygen atoms in total. The lowest BCUT2D eigenvalue weighted by Gasteiger charge is -2.17. The summed E-state index contributed by atoms with van der Waals surface area (Å²) in [5, 5.41) is 17.3. The fourth-order valence-corrected chi connectivity index (χ4v) is 3.18. The van der Waals surface area contributed by atoms with Gasteiger partial charge in [0.15, 0.2) is 11.5 Å². The molecule has 0 aromatic carbocycles. The third kappa shape index (κ3) is 4.80. The molecule has 0 aliphatic heterocycles. The highest BCUT2D eigenvalue weighted by atomic mass is 35.5. The van der Waals surface area contributed by atoms with Gasteiger partial charge in [0, 0.05) is 13.2 Å². The van der Waals surface area contributed by atoms with E-state index in [-0.39, 0.29) is 22.2 Å². The van der Waals surface area contributed by atoms with Crippen molar-refractivity contribution in [1.82, 2.24) is 34.6 Å². The summed E-state index contributed by atoms with van der Waals surface area (Å²) in [6.45, 7) is -1.35. The number of amides is 2. The molecular weight excluding hydrogens is 464 g/mol. The monoisotopic (exact) mass is 479 g/mol. The number of aromatic nitrogens is 7. The number of methoxy groups -OCH3 is 1. The lowest BCUT2D eigenvalue weighted by atomic mass is 10.2. The van der Waals surface area contributed by atoms with Gasteiger partial charge in [-0.25, -0.2) is 19.3 Å². The Morgan fingerprint density at radius 3 is 2.58 bits per heavy atom. The van der Waals surface area contributed by atoms with Crippen molar-refractivity contribution < 1.29 is 23.0 Å². The zero-order chi connectivity index (χ0) is 23.5. The van der Waals surface area contributed by atoms with E-state index >= 15 is 0 Å². The van der Waals surface area contributed by atoms with Crippen molar-refractivity contribution in [2.24, 2.45) is 0 Å². The maximum atomic E-state index is 12.6. The molecule has 0 saturated carbocycles. The Balaban J connectivity index is 1.57. The second-order valence-electron chi connectivity index (χ2n) is 6.49. The number of nitrogens with zero attached hydrogens (tertiary/aromatic N) is 7. The molecule has 1 atom stereocenters. The minimum absolute atomic E-state index is 0.212. The molecule has 4 aromatic heterocycles. The van der Waals surface area contributed by atoms with E-state index in [1.165, 1.54) is 53.3 Å². The summed E-state index contributed by atoms with van der Waals surface area (Å²) in [5.41, 5.74) is 1.13. The fraction of sp³-hybridized carbons (Fsp3) is 0.222. The molecule has 0 unspecified atom stereocenters. The number of alkyl halides is 2. The van der Waals surface area contributed by atoms with Gasteiger partial charge in [-0.2, -0.15) is 19.0 Å². The van der Waals surface area contributed by atoms with Crippen LogP contribution in [0, 0.1) is 0 Å². The molecule has 172 valence electrons. The minimum atomic E-state index is -3.04. The number of anilines is 2. The van der Waals surface area contributed by atoms with Crippen LogP contribution in [0.25, 0.3) is 11.5 Å². The van der Waals surface area contributed by atoms with Gasteiger partial charge in [0.25, 0.3) is 0 Å². The third-order valence-corrected chi connectivity index (χ3v) is 4.66. The molecule has 2 N–H and O–H groups in total. The fourth-order valence-electron chi connectivity index (χ4n) is 2.93. The van der Waals surface area contributed by atoms with Gasteiger partial charge in [0.05, 0.1) is 53.0 Å². The van der Waals surface area contributed by atoms with Crippen molar-refractivity contribution in [3.63, 3.8) is 0 Å². The van der Waals surface area contributed by atoms with E-state index in [0.29, 0.717) is 17.2 Å². The summed E-state index contributed by atoms with van der Waals surface area (Å²) < 4.78 is 36.1. The van der Waals surface area contributed by atoms with E-state index in [9.17, 15) is 13.6 Å². The first kappa shape index (κ1) is 22.3. The molecule has 4 aromatic rings. The largest absolute Gasteiger partial charge is 0.415 e. The van der Waals surface area contributed by atoms with Gasteiger partial charge in [-0.1, -0.05) is 11.6 Å². The summed E-state index contributed by atoms with van der Waals surface area (Å²) in [7, 11) is 1.45. The predicted octanol–water partition coefficient (Wildman–Crippen LogP) is 3.31. The second-order valence-corrected chi connectivity index (χ2v) is 6.90. The van der Waals surface area contributed by atoms with Crippen LogP contribution in [-0.2, 0) is 4.74 Å². The Hall–Kier alpha value is -3.91. The van der Waals surface area contributed by atoms with E-state index < -0.39 is 18.7 Å². The Morgan fingerprint density at radius 1 is 1.15 bits per heavy atom. The lowest BCUT2D eigenvalue weighted by molar-refractivity contribution is -0.0530. The zero-order valence-electron chi connectivity index (χ0n) is 17.1. The van der Waals surface area contributed by atoms with E-state index in [1.54, 1.807) is 6.92 Å². The first-order chi connectivity index (χ1) is 15.9. The first-order valence-corrected chi connectivity index (χ1v) is 9.70. The Morgan fingerprint density at radius 2 is 1.91 bits per heavy atom. The lowest BCUT2D eigenvalue weighted by Crippen LogP contribution is -2.22. The van der Waals surface area contributed by atoms with Crippen LogP contribution in [0.3, 0.4) is 0 Å². The molecule has 2 amide bonds. The van der Waals surface area contributed by atoms with Crippen LogP contribution < -0.4 is 15.4 Å². The third-order valence-electron chi connectivity index (χ3n) is 4.38. The van der Waals surface area contributed by atoms with Crippen molar-refractivity contribution in [1.29, 1.82) is 0 Å². The number of hydrogen-bond donors (Lipinski definition) is 2. The summed E-state index contributed by atoms with van der Waals surface area (Å²) in [4.78, 5) is 22.1. The highest BCUT2D eigenvalue weighted by molar-refractivity contribution is 6.32. The molecule has 0 fully saturated rings. The maximum Gasteiger partial charge on any atom is 0.388 e. The number of carbonyl (C=O) groups excluding carboxylic acids is 1. The number of carbonyl (C=O) groups is 1. The van der Waals surface area contributed by atoms with Gasteiger partial charge in [-0.05, 0) is 13.0 Å². The van der Waals surface area contributed by atoms with E-state index in [4.69, 9.17) is 16.3 Å². The topological polar surface area (TPSA) is 133 Å². The molecule has 4 heterocycles. The highest BCUT2D eigenvalue weighted by Gasteiger charge is 2.20. The van der Waals surface area contributed by atoms with Crippen LogP contribution >= 0.6 is 11.6 Å². The van der Waals surface area contributed by atoms with Crippen LogP contribution in [0.2, 0.25) is 5.02 Å². The minimum Gasteiger partial charge on any atom is -0.415 e. The maximum absolute atomic E-state index is 12.6. The van der Waals surface area contributed by atoms with Gasteiger partial charge < -0.3 is 20.1 Å². The van der Waals surface area contributed by atoms with Crippen molar-refractivity contribution in [3.05, 3.63) is 47.6 Å². The smallest absolute Gasteiger partial charge is 0.388 e. The van der Waals surface area contributed by atoms with Gasteiger partial charge in [0.2, 0.25) is 5.88 Å². The van der Waals surface area contributed by atoms with Crippen molar-refractivity contribution in [3.8, 4) is 11.7 Å². The molecule has 33 heavy (non-hydrogen) atoms. The van der Waals surface area contributed by atoms with Crippen LogP contribution in [0.1, 0.15) is 18.7 Å². The highest BCUT2D eigenvalue weighted by Crippen LogP contribution is 2.28. The molecule has 15 heteroatoms. The molecule has 4 rings (SSSR count). The van der Waals surface area contributed by atoms with Crippen LogP contribution in [-0.4, -0.2) is 54.3 Å². The van der Waals surface area contributed by atoms with Gasteiger partial charge in [0.1, 0.15) is 0 Å². The van der Waals surface area contributed by atoms with Gasteiger partial charge in [-0.3, -0.25) is 0 Å². The molecule has 0 aliphatic rings.